The van der Waals surface area contributed by atoms with E-state index in [1.807, 2.05) is 0 Å². The number of carbonyl (C=O) groups excluding carboxylic acids is 5. The molecule has 3 N–H and O–H groups in total. The Morgan fingerprint density at radius 3 is 2.45 bits per heavy atom. The van der Waals surface area contributed by atoms with E-state index in [1.165, 1.54) is 4.90 Å². The van der Waals surface area contributed by atoms with Crippen LogP contribution in [0, 0.1) is 23.7 Å². The maximum Gasteiger partial charge on any atom is 0.291 e. The maximum absolute atomic E-state index is 13.8. The van der Waals surface area contributed by atoms with E-state index in [-0.39, 0.29) is 30.8 Å². The summed E-state index contributed by atoms with van der Waals surface area (Å²) < 4.78 is 27.3. The summed E-state index contributed by atoms with van der Waals surface area (Å²) in [6, 6.07) is -2.14. The van der Waals surface area contributed by atoms with E-state index in [4.69, 9.17) is 23.2 Å². The normalized spacial score (nSPS) is 27.9. The van der Waals surface area contributed by atoms with Crippen LogP contribution in [0.15, 0.2) is 0 Å². The molecule has 0 bridgehead atoms. The molecule has 3 fully saturated rings. The lowest BCUT2D eigenvalue weighted by Crippen LogP contribution is -2.60. The summed E-state index contributed by atoms with van der Waals surface area (Å²) in [5, 5.41) is 5.75. The van der Waals surface area contributed by atoms with Gasteiger partial charge in [-0.15, -0.1) is 0 Å². The van der Waals surface area contributed by atoms with Crippen molar-refractivity contribution < 1.29 is 32.8 Å². The molecular formula is C24H35Cl2F2N5O5. The van der Waals surface area contributed by atoms with Gasteiger partial charge < -0.3 is 15.5 Å². The minimum atomic E-state index is -2.45. The average molecular weight is 582 g/mol. The number of halogens is 4. The van der Waals surface area contributed by atoms with Gasteiger partial charge in [0.1, 0.15) is 12.1 Å². The number of hydrazine groups is 1. The Morgan fingerprint density at radius 1 is 1.13 bits per heavy atom. The number of hydrogen-bond acceptors (Lipinski definition) is 5. The summed E-state index contributed by atoms with van der Waals surface area (Å²) in [5.74, 6) is -5.24. The Bertz CT molecular complexity index is 927. The smallest absolute Gasteiger partial charge is 0.291 e. The Morgan fingerprint density at radius 2 is 1.84 bits per heavy atom. The Labute approximate surface area is 230 Å². The highest BCUT2D eigenvalue weighted by molar-refractivity contribution is 6.30. The molecule has 0 radical (unpaired) electrons. The largest absolute Gasteiger partial charge is 0.356 e. The van der Waals surface area contributed by atoms with Gasteiger partial charge in [0.25, 0.3) is 29.0 Å². The molecule has 14 heteroatoms. The van der Waals surface area contributed by atoms with E-state index in [0.29, 0.717) is 32.2 Å². The van der Waals surface area contributed by atoms with Gasteiger partial charge in [-0.05, 0) is 43.4 Å². The average Bonchev–Trinajstić information content (AvgIpc) is 3.48. The molecule has 2 saturated heterocycles. The molecule has 0 unspecified atom stereocenters. The van der Waals surface area contributed by atoms with E-state index >= 15 is 0 Å². The molecule has 0 spiro atoms. The van der Waals surface area contributed by atoms with Crippen LogP contribution in [0.3, 0.4) is 0 Å². The monoisotopic (exact) mass is 581 g/mol. The molecular weight excluding hydrogens is 547 g/mol. The third-order valence-corrected chi connectivity index (χ3v) is 8.30. The quantitative estimate of drug-likeness (QED) is 0.281. The number of nitrogens with zero attached hydrogens (tertiary/aromatic N) is 2. The number of amides is 5. The van der Waals surface area contributed by atoms with Gasteiger partial charge in [-0.25, -0.2) is 13.8 Å². The lowest BCUT2D eigenvalue weighted by Gasteiger charge is -2.35. The van der Waals surface area contributed by atoms with Gasteiger partial charge in [-0.2, -0.15) is 0 Å². The van der Waals surface area contributed by atoms with Crippen molar-refractivity contribution in [2.24, 2.45) is 23.7 Å². The molecule has 0 aromatic rings. The van der Waals surface area contributed by atoms with Gasteiger partial charge in [-0.3, -0.25) is 29.4 Å². The van der Waals surface area contributed by atoms with Crippen LogP contribution < -0.4 is 16.1 Å². The zero-order valence-corrected chi connectivity index (χ0v) is 22.9. The van der Waals surface area contributed by atoms with Crippen LogP contribution in [0.5, 0.6) is 0 Å². The van der Waals surface area contributed by atoms with E-state index in [2.05, 4.69) is 16.1 Å². The lowest BCUT2D eigenvalue weighted by atomic mass is 9.93. The first-order chi connectivity index (χ1) is 18.0. The molecule has 214 valence electrons. The summed E-state index contributed by atoms with van der Waals surface area (Å²) in [7, 11) is 0. The number of hydrogen-bond donors (Lipinski definition) is 3. The summed E-state index contributed by atoms with van der Waals surface area (Å²) in [5.41, 5.74) is -2.36. The summed E-state index contributed by atoms with van der Waals surface area (Å²) in [6.45, 7) is 3.97. The third-order valence-electron chi connectivity index (χ3n) is 7.92. The Kier molecular flexibility index (Phi) is 10.6. The van der Waals surface area contributed by atoms with Gasteiger partial charge in [0.05, 0.1) is 12.5 Å². The van der Waals surface area contributed by atoms with Crippen molar-refractivity contribution in [3.63, 3.8) is 0 Å². The van der Waals surface area contributed by atoms with Crippen LogP contribution in [-0.2, 0) is 24.0 Å². The number of carbonyl (C=O) groups is 5. The van der Waals surface area contributed by atoms with Gasteiger partial charge in [0.2, 0.25) is 11.8 Å². The van der Waals surface area contributed by atoms with E-state index in [0.717, 1.165) is 17.9 Å². The number of alkyl halides is 4. The van der Waals surface area contributed by atoms with Crippen LogP contribution in [0.25, 0.3) is 0 Å². The second-order valence-electron chi connectivity index (χ2n) is 10.3. The fourth-order valence-corrected chi connectivity index (χ4v) is 5.86. The minimum Gasteiger partial charge on any atom is -0.356 e. The van der Waals surface area contributed by atoms with Crippen molar-refractivity contribution in [3.05, 3.63) is 0 Å². The highest BCUT2D eigenvalue weighted by atomic mass is 35.5. The second kappa shape index (κ2) is 13.2. The summed E-state index contributed by atoms with van der Waals surface area (Å²) in [6.07, 6.45) is 3.86. The molecule has 3 aliphatic rings. The zero-order chi connectivity index (χ0) is 28.1. The van der Waals surface area contributed by atoms with Crippen molar-refractivity contribution >= 4 is 52.7 Å². The summed E-state index contributed by atoms with van der Waals surface area (Å²) in [4.78, 5) is 65.5. The fraction of sp³-hybridized carbons (Fsp3) is 0.792. The van der Waals surface area contributed by atoms with Crippen LogP contribution in [0.4, 0.5) is 8.78 Å². The summed E-state index contributed by atoms with van der Waals surface area (Å²) >= 11 is 10.7. The van der Waals surface area contributed by atoms with Gasteiger partial charge in [-0.1, -0.05) is 49.9 Å². The fourth-order valence-electron chi connectivity index (χ4n) is 5.68. The number of rotatable bonds is 9. The topological polar surface area (TPSA) is 128 Å². The first-order valence-electron chi connectivity index (χ1n) is 13.0. The van der Waals surface area contributed by atoms with Crippen molar-refractivity contribution in [2.45, 2.75) is 75.7 Å². The van der Waals surface area contributed by atoms with Crippen molar-refractivity contribution in [3.8, 4) is 0 Å². The Hall–Kier alpha value is -2.21. The number of piperidine rings is 1. The predicted molar refractivity (Wildman–Crippen MR) is 135 cm³/mol. The molecule has 10 nitrogen and oxygen atoms in total. The van der Waals surface area contributed by atoms with Crippen molar-refractivity contribution in [2.75, 3.05) is 19.6 Å². The van der Waals surface area contributed by atoms with E-state index in [9.17, 15) is 32.8 Å². The SMILES string of the molecule is CC[C@H](C)[C@H](NC(=O)[C@@H](F)Cl)C(=O)N1C[C@@H]2CCC[C@@H]2[C@H]1C(=O)NN(C[C@@H]1CCCNC1=O)C(=O)[C@@H](F)Cl. The third kappa shape index (κ3) is 6.86. The molecule has 1 saturated carbocycles. The standard InChI is InChI=1S/C24H35Cl2F2N5O5/c1-3-12(2)16(30-22(36)18(25)27)23(37)32-10-13-6-4-8-15(13)17(32)21(35)31-33(24(38)19(26)28)11-14-7-5-9-29-20(14)34/h12-19H,3-11H2,1-2H3,(H,29,34)(H,30,36)(H,31,35)/t12-,13-,14-,15-,16-,17-,18+,19+/m0/s1. The highest BCUT2D eigenvalue weighted by Gasteiger charge is 2.51. The van der Waals surface area contributed by atoms with Crippen molar-refractivity contribution in [1.82, 2.24) is 26.0 Å². The van der Waals surface area contributed by atoms with Crippen LogP contribution in [-0.4, -0.2) is 82.4 Å². The van der Waals surface area contributed by atoms with Crippen LogP contribution >= 0.6 is 23.2 Å². The Balaban J connectivity index is 1.85. The predicted octanol–water partition coefficient (Wildman–Crippen LogP) is 1.60. The first kappa shape index (κ1) is 30.3. The molecule has 3 rings (SSSR count). The molecule has 2 heterocycles. The van der Waals surface area contributed by atoms with Crippen LogP contribution in [0.1, 0.15) is 52.4 Å². The highest BCUT2D eigenvalue weighted by Crippen LogP contribution is 2.42. The number of fused-ring (bicyclic) bond motifs is 1. The molecule has 0 aromatic carbocycles. The minimum absolute atomic E-state index is 0.0140. The molecule has 38 heavy (non-hydrogen) atoms. The number of nitrogens with one attached hydrogen (secondary N) is 3. The van der Waals surface area contributed by atoms with Crippen LogP contribution in [0.2, 0.25) is 0 Å². The second-order valence-corrected chi connectivity index (χ2v) is 11.1. The molecule has 0 aromatic heterocycles. The first-order valence-corrected chi connectivity index (χ1v) is 13.9. The van der Waals surface area contributed by atoms with Crippen molar-refractivity contribution in [1.29, 1.82) is 0 Å². The zero-order valence-electron chi connectivity index (χ0n) is 21.4. The molecule has 2 aliphatic heterocycles. The van der Waals surface area contributed by atoms with E-state index in [1.54, 1.807) is 13.8 Å². The molecule has 1 aliphatic carbocycles. The maximum atomic E-state index is 13.8. The molecule has 8 atom stereocenters. The molecule has 5 amide bonds. The number of likely N-dealkylation sites (tertiary alicyclic amines) is 1. The van der Waals surface area contributed by atoms with Gasteiger partial charge in [0, 0.05) is 13.1 Å². The van der Waals surface area contributed by atoms with E-state index < -0.39 is 58.8 Å². The lowest BCUT2D eigenvalue weighted by molar-refractivity contribution is -0.150. The van der Waals surface area contributed by atoms with Gasteiger partial charge >= 0.3 is 0 Å². The van der Waals surface area contributed by atoms with Gasteiger partial charge in [0.15, 0.2) is 0 Å².